The number of nitrogens with one attached hydrogen (secondary N) is 1. The Kier molecular flexibility index (Phi) is 3.33. The Bertz CT molecular complexity index is 695. The number of nitrogens with zero attached hydrogens (tertiary/aromatic N) is 1. The van der Waals surface area contributed by atoms with Crippen LogP contribution in [0.5, 0.6) is 5.75 Å². The number of hydrogen-bond donors (Lipinski definition) is 2. The predicted molar refractivity (Wildman–Crippen MR) is 73.5 cm³/mol. The summed E-state index contributed by atoms with van der Waals surface area (Å²) in [6, 6.07) is 10.4. The van der Waals surface area contributed by atoms with Crippen molar-refractivity contribution in [2.24, 2.45) is 5.84 Å². The van der Waals surface area contributed by atoms with Crippen LogP contribution in [0.25, 0.3) is 0 Å². The van der Waals surface area contributed by atoms with Gasteiger partial charge in [0.1, 0.15) is 11.5 Å². The molecule has 21 heavy (non-hydrogen) atoms. The predicted octanol–water partition coefficient (Wildman–Crippen LogP) is 0.809. The number of amides is 2. The van der Waals surface area contributed by atoms with Crippen LogP contribution < -0.4 is 20.9 Å². The molecule has 0 unspecified atom stereocenters. The van der Waals surface area contributed by atoms with Gasteiger partial charge in [-0.2, -0.15) is 0 Å². The zero-order valence-corrected chi connectivity index (χ0v) is 11.0. The van der Waals surface area contributed by atoms with E-state index in [0.717, 1.165) is 0 Å². The summed E-state index contributed by atoms with van der Waals surface area (Å²) >= 11 is 0. The maximum absolute atomic E-state index is 12.0. The standard InChI is InChI=1S/C14H13N3O4/c15-16-14(19)12-6-5-9(21-12)7-17-10-3-1-2-4-11(10)20-8-13(17)18/h1-6H,7-8,15H2,(H,16,19). The van der Waals surface area contributed by atoms with E-state index < -0.39 is 5.91 Å². The highest BCUT2D eigenvalue weighted by atomic mass is 16.5. The molecule has 0 fully saturated rings. The van der Waals surface area contributed by atoms with E-state index in [1.807, 2.05) is 17.6 Å². The molecule has 1 aliphatic rings. The van der Waals surface area contributed by atoms with Gasteiger partial charge in [0, 0.05) is 0 Å². The van der Waals surface area contributed by atoms with Crippen molar-refractivity contribution in [3.63, 3.8) is 0 Å². The zero-order chi connectivity index (χ0) is 14.8. The maximum atomic E-state index is 12.0. The van der Waals surface area contributed by atoms with Crippen molar-refractivity contribution in [1.82, 2.24) is 5.43 Å². The smallest absolute Gasteiger partial charge is 0.300 e. The van der Waals surface area contributed by atoms with Crippen LogP contribution in [-0.2, 0) is 11.3 Å². The fourth-order valence-corrected chi connectivity index (χ4v) is 2.14. The van der Waals surface area contributed by atoms with Gasteiger partial charge in [0.05, 0.1) is 12.2 Å². The van der Waals surface area contributed by atoms with Crippen molar-refractivity contribution in [3.8, 4) is 5.75 Å². The number of furan rings is 1. The van der Waals surface area contributed by atoms with E-state index in [0.29, 0.717) is 17.2 Å². The fourth-order valence-electron chi connectivity index (χ4n) is 2.14. The molecule has 7 heteroatoms. The summed E-state index contributed by atoms with van der Waals surface area (Å²) in [6.07, 6.45) is 0. The van der Waals surface area contributed by atoms with Crippen molar-refractivity contribution in [3.05, 3.63) is 47.9 Å². The monoisotopic (exact) mass is 287 g/mol. The highest BCUT2D eigenvalue weighted by Gasteiger charge is 2.26. The number of carbonyl (C=O) groups excluding carboxylic acids is 2. The average molecular weight is 287 g/mol. The molecule has 3 rings (SSSR count). The van der Waals surface area contributed by atoms with E-state index in [2.05, 4.69) is 0 Å². The minimum Gasteiger partial charge on any atom is -0.482 e. The van der Waals surface area contributed by atoms with Crippen molar-refractivity contribution >= 4 is 17.5 Å². The first kappa shape index (κ1) is 13.2. The minimum atomic E-state index is -0.519. The van der Waals surface area contributed by atoms with Crippen LogP contribution in [0.2, 0.25) is 0 Å². The molecule has 7 nitrogen and oxygen atoms in total. The Balaban J connectivity index is 1.86. The molecule has 108 valence electrons. The number of nitrogens with two attached hydrogens (primary N) is 1. The summed E-state index contributed by atoms with van der Waals surface area (Å²) in [5.41, 5.74) is 2.67. The molecule has 0 atom stereocenters. The van der Waals surface area contributed by atoms with Gasteiger partial charge in [0.2, 0.25) is 0 Å². The Morgan fingerprint density at radius 2 is 2.10 bits per heavy atom. The van der Waals surface area contributed by atoms with Gasteiger partial charge in [-0.15, -0.1) is 0 Å². The number of ether oxygens (including phenoxy) is 1. The molecule has 0 bridgehead atoms. The number of carbonyl (C=O) groups is 2. The van der Waals surface area contributed by atoms with Crippen LogP contribution in [0.4, 0.5) is 5.69 Å². The van der Waals surface area contributed by atoms with Gasteiger partial charge in [0.25, 0.3) is 5.91 Å². The Labute approximate surface area is 120 Å². The summed E-state index contributed by atoms with van der Waals surface area (Å²) in [7, 11) is 0. The lowest BCUT2D eigenvalue weighted by Crippen LogP contribution is -2.38. The summed E-state index contributed by atoms with van der Waals surface area (Å²) < 4.78 is 10.7. The third-order valence-corrected chi connectivity index (χ3v) is 3.14. The van der Waals surface area contributed by atoms with Crippen molar-refractivity contribution in [2.75, 3.05) is 11.5 Å². The topological polar surface area (TPSA) is 97.8 Å². The lowest BCUT2D eigenvalue weighted by Gasteiger charge is -2.28. The van der Waals surface area contributed by atoms with Gasteiger partial charge in [-0.25, -0.2) is 5.84 Å². The van der Waals surface area contributed by atoms with Gasteiger partial charge in [0.15, 0.2) is 12.4 Å². The molecule has 1 aromatic heterocycles. The number of rotatable bonds is 3. The van der Waals surface area contributed by atoms with Crippen LogP contribution in [0.15, 0.2) is 40.8 Å². The normalized spacial score (nSPS) is 13.6. The van der Waals surface area contributed by atoms with E-state index in [4.69, 9.17) is 15.0 Å². The SMILES string of the molecule is NNC(=O)c1ccc(CN2C(=O)COc3ccccc32)o1. The zero-order valence-electron chi connectivity index (χ0n) is 11.0. The van der Waals surface area contributed by atoms with E-state index in [1.54, 1.807) is 23.1 Å². The Morgan fingerprint density at radius 1 is 1.29 bits per heavy atom. The van der Waals surface area contributed by atoms with Gasteiger partial charge in [-0.05, 0) is 24.3 Å². The van der Waals surface area contributed by atoms with E-state index in [9.17, 15) is 9.59 Å². The summed E-state index contributed by atoms with van der Waals surface area (Å²) in [6.45, 7) is 0.199. The third kappa shape index (κ3) is 2.46. The molecule has 2 heterocycles. The Morgan fingerprint density at radius 3 is 2.90 bits per heavy atom. The van der Waals surface area contributed by atoms with Crippen molar-refractivity contribution < 1.29 is 18.7 Å². The van der Waals surface area contributed by atoms with Crippen LogP contribution >= 0.6 is 0 Å². The molecule has 3 N–H and O–H groups in total. The molecule has 0 aliphatic carbocycles. The first-order valence-electron chi connectivity index (χ1n) is 6.31. The summed E-state index contributed by atoms with van der Waals surface area (Å²) in [5.74, 6) is 5.58. The Hall–Kier alpha value is -2.80. The largest absolute Gasteiger partial charge is 0.482 e. The number of benzene rings is 1. The first-order valence-corrected chi connectivity index (χ1v) is 6.31. The molecule has 1 aromatic carbocycles. The lowest BCUT2D eigenvalue weighted by atomic mass is 10.2. The van der Waals surface area contributed by atoms with E-state index in [1.165, 1.54) is 6.07 Å². The molecule has 0 spiro atoms. The third-order valence-electron chi connectivity index (χ3n) is 3.14. The van der Waals surface area contributed by atoms with Gasteiger partial charge in [-0.1, -0.05) is 12.1 Å². The molecular formula is C14H13N3O4. The van der Waals surface area contributed by atoms with E-state index >= 15 is 0 Å². The van der Waals surface area contributed by atoms with Crippen LogP contribution in [0.1, 0.15) is 16.3 Å². The fraction of sp³-hybridized carbons (Fsp3) is 0.143. The van der Waals surface area contributed by atoms with Gasteiger partial charge >= 0.3 is 5.91 Å². The number of fused-ring (bicyclic) bond motifs is 1. The average Bonchev–Trinajstić information content (AvgIpc) is 2.98. The summed E-state index contributed by atoms with van der Waals surface area (Å²) in [5, 5.41) is 0. The van der Waals surface area contributed by atoms with Crippen molar-refractivity contribution in [1.29, 1.82) is 0 Å². The molecule has 2 aromatic rings. The highest BCUT2D eigenvalue weighted by Crippen LogP contribution is 2.32. The number of nitrogen functional groups attached to an aromatic ring is 1. The number of anilines is 1. The molecule has 1 aliphatic heterocycles. The molecule has 0 saturated heterocycles. The molecule has 2 amide bonds. The summed E-state index contributed by atoms with van der Waals surface area (Å²) in [4.78, 5) is 24.9. The number of hydrogen-bond acceptors (Lipinski definition) is 5. The second-order valence-corrected chi connectivity index (χ2v) is 4.48. The number of para-hydroxylation sites is 2. The van der Waals surface area contributed by atoms with Crippen LogP contribution in [0, 0.1) is 0 Å². The van der Waals surface area contributed by atoms with Gasteiger partial charge < -0.3 is 9.15 Å². The molecular weight excluding hydrogens is 274 g/mol. The second kappa shape index (κ2) is 5.29. The maximum Gasteiger partial charge on any atom is 0.300 e. The van der Waals surface area contributed by atoms with Gasteiger partial charge in [-0.3, -0.25) is 19.9 Å². The molecule has 0 saturated carbocycles. The number of hydrazine groups is 1. The second-order valence-electron chi connectivity index (χ2n) is 4.48. The quantitative estimate of drug-likeness (QED) is 0.494. The minimum absolute atomic E-state index is 0.0200. The lowest BCUT2D eigenvalue weighted by molar-refractivity contribution is -0.121. The van der Waals surface area contributed by atoms with Crippen LogP contribution in [-0.4, -0.2) is 18.4 Å². The van der Waals surface area contributed by atoms with Crippen LogP contribution in [0.3, 0.4) is 0 Å². The van der Waals surface area contributed by atoms with Crippen molar-refractivity contribution in [2.45, 2.75) is 6.54 Å². The molecule has 0 radical (unpaired) electrons. The van der Waals surface area contributed by atoms with E-state index in [-0.39, 0.29) is 24.8 Å². The highest BCUT2D eigenvalue weighted by molar-refractivity contribution is 5.97. The first-order chi connectivity index (χ1) is 10.2.